The van der Waals surface area contributed by atoms with Gasteiger partial charge in [-0.2, -0.15) is 0 Å². The second kappa shape index (κ2) is 8.01. The third kappa shape index (κ3) is 3.59. The Morgan fingerprint density at radius 2 is 1.83 bits per heavy atom. The molecule has 3 aromatic carbocycles. The van der Waals surface area contributed by atoms with E-state index < -0.39 is 0 Å². The van der Waals surface area contributed by atoms with Gasteiger partial charge in [-0.05, 0) is 49.0 Å². The fourth-order valence-corrected chi connectivity index (χ4v) is 3.81. The average molecular weight is 404 g/mol. The Labute approximate surface area is 174 Å². The highest BCUT2D eigenvalue weighted by molar-refractivity contribution is 7.80. The van der Waals surface area contributed by atoms with E-state index in [4.69, 9.17) is 12.2 Å². The molecule has 6 heteroatoms. The van der Waals surface area contributed by atoms with Crippen LogP contribution in [0.25, 0.3) is 10.8 Å². The minimum Gasteiger partial charge on any atom is -0.332 e. The standard InChI is InChI=1S/C23H21N3O2S/c1-2-3-14-26-19-13-12-18(16-10-7-11-17(20(16)19)22(26)28)24-23(29)25-21(27)15-8-5-4-6-9-15/h4-13H,2-3,14H2,1H3,(H2,24,25,27,29). The molecule has 0 bridgehead atoms. The Morgan fingerprint density at radius 3 is 2.59 bits per heavy atom. The van der Waals surface area contributed by atoms with Gasteiger partial charge in [0.2, 0.25) is 0 Å². The van der Waals surface area contributed by atoms with Gasteiger partial charge >= 0.3 is 0 Å². The molecule has 5 nitrogen and oxygen atoms in total. The van der Waals surface area contributed by atoms with Crippen molar-refractivity contribution in [2.24, 2.45) is 0 Å². The minimum atomic E-state index is -0.269. The van der Waals surface area contributed by atoms with Crippen LogP contribution in [0.5, 0.6) is 0 Å². The van der Waals surface area contributed by atoms with E-state index in [1.165, 1.54) is 0 Å². The van der Waals surface area contributed by atoms with Gasteiger partial charge in [0, 0.05) is 34.1 Å². The first kappa shape index (κ1) is 19.1. The molecule has 0 radical (unpaired) electrons. The Balaban J connectivity index is 1.60. The van der Waals surface area contributed by atoms with Crippen molar-refractivity contribution in [3.05, 3.63) is 71.8 Å². The molecule has 0 saturated carbocycles. The maximum atomic E-state index is 12.8. The molecule has 0 spiro atoms. The van der Waals surface area contributed by atoms with Gasteiger partial charge in [0.25, 0.3) is 11.8 Å². The Kier molecular flexibility index (Phi) is 5.27. The van der Waals surface area contributed by atoms with Gasteiger partial charge in [0.05, 0.1) is 5.69 Å². The summed E-state index contributed by atoms with van der Waals surface area (Å²) in [4.78, 5) is 27.0. The SMILES string of the molecule is CCCCN1C(=O)c2cccc3c(NC(=S)NC(=O)c4ccccc4)ccc1c23. The number of unbranched alkanes of at least 4 members (excludes halogenated alkanes) is 1. The van der Waals surface area contributed by atoms with Crippen molar-refractivity contribution in [2.45, 2.75) is 19.8 Å². The lowest BCUT2D eigenvalue weighted by Gasteiger charge is -2.18. The fraction of sp³-hybridized carbons (Fsp3) is 0.174. The largest absolute Gasteiger partial charge is 0.332 e. The number of rotatable bonds is 5. The van der Waals surface area contributed by atoms with Crippen LogP contribution in [-0.2, 0) is 0 Å². The number of carbonyl (C=O) groups excluding carboxylic acids is 2. The van der Waals surface area contributed by atoms with Crippen LogP contribution < -0.4 is 15.5 Å². The van der Waals surface area contributed by atoms with Crippen LogP contribution in [0.2, 0.25) is 0 Å². The number of carbonyl (C=O) groups is 2. The van der Waals surface area contributed by atoms with E-state index in [1.807, 2.05) is 41.3 Å². The summed E-state index contributed by atoms with van der Waals surface area (Å²) in [5, 5.41) is 7.86. The molecule has 0 saturated heterocycles. The van der Waals surface area contributed by atoms with Crippen molar-refractivity contribution in [3.63, 3.8) is 0 Å². The predicted molar refractivity (Wildman–Crippen MR) is 121 cm³/mol. The maximum absolute atomic E-state index is 12.8. The molecule has 1 aliphatic rings. The van der Waals surface area contributed by atoms with Crippen molar-refractivity contribution >= 4 is 51.3 Å². The van der Waals surface area contributed by atoms with Crippen molar-refractivity contribution in [1.82, 2.24) is 5.32 Å². The van der Waals surface area contributed by atoms with Crippen molar-refractivity contribution in [1.29, 1.82) is 0 Å². The van der Waals surface area contributed by atoms with Gasteiger partial charge in [0.1, 0.15) is 0 Å². The highest BCUT2D eigenvalue weighted by Crippen LogP contribution is 2.40. The fourth-order valence-electron chi connectivity index (χ4n) is 3.61. The van der Waals surface area contributed by atoms with E-state index in [0.29, 0.717) is 17.7 Å². The van der Waals surface area contributed by atoms with Gasteiger partial charge in [-0.3, -0.25) is 14.9 Å². The zero-order valence-electron chi connectivity index (χ0n) is 16.1. The highest BCUT2D eigenvalue weighted by Gasteiger charge is 2.30. The van der Waals surface area contributed by atoms with Crippen LogP contribution in [0, 0.1) is 0 Å². The van der Waals surface area contributed by atoms with E-state index in [2.05, 4.69) is 17.6 Å². The molecule has 2 N–H and O–H groups in total. The number of amides is 2. The molecular weight excluding hydrogens is 382 g/mol. The topological polar surface area (TPSA) is 61.4 Å². The summed E-state index contributed by atoms with van der Waals surface area (Å²) >= 11 is 5.34. The summed E-state index contributed by atoms with van der Waals surface area (Å²) in [6, 6.07) is 18.5. The molecule has 146 valence electrons. The Bertz CT molecular complexity index is 1110. The van der Waals surface area contributed by atoms with E-state index >= 15 is 0 Å². The molecular formula is C23H21N3O2S. The molecule has 0 fully saturated rings. The second-order valence-electron chi connectivity index (χ2n) is 6.95. The van der Waals surface area contributed by atoms with Gasteiger partial charge in [-0.15, -0.1) is 0 Å². The van der Waals surface area contributed by atoms with Gasteiger partial charge in [0.15, 0.2) is 5.11 Å². The van der Waals surface area contributed by atoms with Crippen molar-refractivity contribution in [2.75, 3.05) is 16.8 Å². The molecule has 0 atom stereocenters. The van der Waals surface area contributed by atoms with Crippen LogP contribution in [0.1, 0.15) is 40.5 Å². The summed E-state index contributed by atoms with van der Waals surface area (Å²) < 4.78 is 0. The van der Waals surface area contributed by atoms with Gasteiger partial charge in [-0.25, -0.2) is 0 Å². The molecule has 1 heterocycles. The molecule has 0 unspecified atom stereocenters. The van der Waals surface area contributed by atoms with E-state index in [-0.39, 0.29) is 16.9 Å². The lowest BCUT2D eigenvalue weighted by atomic mass is 10.0. The Morgan fingerprint density at radius 1 is 1.03 bits per heavy atom. The zero-order chi connectivity index (χ0) is 20.4. The first-order valence-corrected chi connectivity index (χ1v) is 10.1. The van der Waals surface area contributed by atoms with Crippen molar-refractivity contribution < 1.29 is 9.59 Å². The second-order valence-corrected chi connectivity index (χ2v) is 7.35. The molecule has 2 amide bonds. The predicted octanol–water partition coefficient (Wildman–Crippen LogP) is 4.73. The number of anilines is 2. The normalized spacial score (nSPS) is 12.3. The third-order valence-electron chi connectivity index (χ3n) is 5.03. The number of nitrogens with zero attached hydrogens (tertiary/aromatic N) is 1. The van der Waals surface area contributed by atoms with Crippen LogP contribution in [0.15, 0.2) is 60.7 Å². The molecule has 3 aromatic rings. The minimum absolute atomic E-state index is 0.0381. The zero-order valence-corrected chi connectivity index (χ0v) is 16.9. The summed E-state index contributed by atoms with van der Waals surface area (Å²) in [6.07, 6.45) is 1.98. The van der Waals surface area contributed by atoms with Crippen molar-refractivity contribution in [3.8, 4) is 0 Å². The first-order valence-electron chi connectivity index (χ1n) is 9.65. The van der Waals surface area contributed by atoms with Gasteiger partial charge < -0.3 is 10.2 Å². The molecule has 4 rings (SSSR count). The lowest BCUT2D eigenvalue weighted by molar-refractivity contribution is 0.0974. The number of hydrogen-bond acceptors (Lipinski definition) is 3. The monoisotopic (exact) mass is 403 g/mol. The Hall–Kier alpha value is -3.25. The maximum Gasteiger partial charge on any atom is 0.258 e. The molecule has 0 aliphatic carbocycles. The molecule has 1 aliphatic heterocycles. The van der Waals surface area contributed by atoms with E-state index in [0.717, 1.165) is 35.0 Å². The van der Waals surface area contributed by atoms with Gasteiger partial charge in [-0.1, -0.05) is 43.7 Å². The number of thiocarbonyl (C=S) groups is 1. The van der Waals surface area contributed by atoms with Crippen LogP contribution in [0.3, 0.4) is 0 Å². The summed E-state index contributed by atoms with van der Waals surface area (Å²) in [7, 11) is 0. The summed E-state index contributed by atoms with van der Waals surface area (Å²) in [6.45, 7) is 2.82. The van der Waals surface area contributed by atoms with E-state index in [9.17, 15) is 9.59 Å². The van der Waals surface area contributed by atoms with Crippen LogP contribution in [-0.4, -0.2) is 23.5 Å². The molecule has 29 heavy (non-hydrogen) atoms. The number of nitrogens with one attached hydrogen (secondary N) is 2. The molecule has 0 aromatic heterocycles. The summed E-state index contributed by atoms with van der Waals surface area (Å²) in [5.41, 5.74) is 2.93. The third-order valence-corrected chi connectivity index (χ3v) is 5.24. The number of hydrogen-bond donors (Lipinski definition) is 2. The first-order chi connectivity index (χ1) is 14.1. The average Bonchev–Trinajstić information content (AvgIpc) is 3.01. The van der Waals surface area contributed by atoms with E-state index in [1.54, 1.807) is 24.3 Å². The smallest absolute Gasteiger partial charge is 0.258 e. The quantitative estimate of drug-likeness (QED) is 0.605. The summed E-state index contributed by atoms with van der Waals surface area (Å²) in [5.74, 6) is -0.230. The number of benzene rings is 3. The van der Waals surface area contributed by atoms with Crippen LogP contribution >= 0.6 is 12.2 Å². The highest BCUT2D eigenvalue weighted by atomic mass is 32.1. The van der Waals surface area contributed by atoms with Crippen LogP contribution in [0.4, 0.5) is 11.4 Å². The lowest BCUT2D eigenvalue weighted by Crippen LogP contribution is -2.34.